The number of hydrogen-bond donors (Lipinski definition) is 0. The molecule has 0 saturated carbocycles. The molecule has 0 aliphatic carbocycles. The zero-order valence-corrected chi connectivity index (χ0v) is 26.3. The molecule has 4 aromatic rings. The maximum atomic E-state index is 2.78. The van der Waals surface area contributed by atoms with Gasteiger partial charge in [-0.1, -0.05) is 55.4 Å². The summed E-state index contributed by atoms with van der Waals surface area (Å²) in [6, 6.07) is 0. The Balaban J connectivity index is 1.78. The second-order valence-corrected chi connectivity index (χ2v) is 12.3. The van der Waals surface area contributed by atoms with Crippen molar-refractivity contribution in [1.82, 2.24) is 18.3 Å². The summed E-state index contributed by atoms with van der Waals surface area (Å²) in [6.07, 6.45) is 18.7. The van der Waals surface area contributed by atoms with Crippen molar-refractivity contribution in [3.8, 4) is 0 Å². The van der Waals surface area contributed by atoms with E-state index in [0.29, 0.717) is 0 Å². The molecule has 4 aliphatic heterocycles. The summed E-state index contributed by atoms with van der Waals surface area (Å²) in [5.41, 5.74) is 18.0. The van der Waals surface area contributed by atoms with Crippen LogP contribution in [0.4, 0.5) is 0 Å². The van der Waals surface area contributed by atoms with Crippen LogP contribution in [0.15, 0.2) is 0 Å². The highest BCUT2D eigenvalue weighted by Gasteiger charge is 2.53. The fourth-order valence-electron chi connectivity index (χ4n) is 9.62. The Kier molecular flexibility index (Phi) is 5.15. The lowest BCUT2D eigenvalue weighted by molar-refractivity contribution is 0.0966. The van der Waals surface area contributed by atoms with Gasteiger partial charge in [0.15, 0.2) is 0 Å². The molecule has 0 N–H and O–H groups in total. The molecule has 8 rings (SSSR count). The summed E-state index contributed by atoms with van der Waals surface area (Å²) < 4.78 is 11.1. The molecule has 1 spiro atoms. The summed E-state index contributed by atoms with van der Waals surface area (Å²) in [6.45, 7) is 18.9. The van der Waals surface area contributed by atoms with Gasteiger partial charge in [0.2, 0.25) is 0 Å². The molecule has 0 unspecified atom stereocenters. The minimum Gasteiger partial charge on any atom is -0.281 e. The van der Waals surface area contributed by atoms with Gasteiger partial charge in [0, 0.05) is 0 Å². The third-order valence-electron chi connectivity index (χ3n) is 11.0. The zero-order chi connectivity index (χ0) is 28.5. The van der Waals surface area contributed by atoms with E-state index in [1.54, 1.807) is 0 Å². The van der Waals surface area contributed by atoms with E-state index in [1.807, 2.05) is 0 Å². The van der Waals surface area contributed by atoms with Gasteiger partial charge < -0.3 is 0 Å². The van der Waals surface area contributed by atoms with E-state index in [9.17, 15) is 0 Å². The molecule has 0 saturated heterocycles. The first kappa shape index (κ1) is 25.3. The van der Waals surface area contributed by atoms with Crippen LogP contribution in [0, 0.1) is 0 Å². The van der Waals surface area contributed by atoms with Crippen molar-refractivity contribution in [3.63, 3.8) is 0 Å². The lowest BCUT2D eigenvalue weighted by atomic mass is 10.0. The van der Waals surface area contributed by atoms with Gasteiger partial charge in [0.1, 0.15) is 0 Å². The first-order valence-corrected chi connectivity index (χ1v) is 16.5. The van der Waals surface area contributed by atoms with Crippen LogP contribution in [0.1, 0.15) is 123 Å². The first-order valence-electron chi connectivity index (χ1n) is 16.5. The summed E-state index contributed by atoms with van der Waals surface area (Å²) in [5, 5.41) is 5.71. The van der Waals surface area contributed by atoms with Crippen molar-refractivity contribution < 1.29 is 0 Å². The molecule has 8 heterocycles. The second-order valence-electron chi connectivity index (χ2n) is 12.3. The number of aromatic nitrogens is 4. The Morgan fingerprint density at radius 3 is 0.756 bits per heavy atom. The molecule has 0 amide bonds. The van der Waals surface area contributed by atoms with Gasteiger partial charge in [0.25, 0.3) is 5.91 Å². The largest absolute Gasteiger partial charge is 0.295 e. The molecule has 4 aromatic heterocycles. The molecule has 0 atom stereocenters. The summed E-state index contributed by atoms with van der Waals surface area (Å²) in [5.74, 6) is -0.513. The minimum atomic E-state index is -0.513. The molecule has 0 fully saturated rings. The number of hydrogen-bond acceptors (Lipinski definition) is 0. The summed E-state index contributed by atoms with van der Waals surface area (Å²) in [4.78, 5) is 0. The van der Waals surface area contributed by atoms with E-state index in [2.05, 4.69) is 98.0 Å². The Hall–Kier alpha value is -3.40. The third-order valence-corrected chi connectivity index (χ3v) is 11.0. The number of rotatable bonds is 8. The lowest BCUT2D eigenvalue weighted by Crippen LogP contribution is -2.70. The maximum absolute atomic E-state index is 2.78. The van der Waals surface area contributed by atoms with Crippen LogP contribution in [0.25, 0.3) is 24.3 Å². The SMILES string of the molecule is CCc1c(CC)c2n3c1C=c1c(CC)c(CC)c4n1C31n3c(c(CC)c(CC)c3C=c3c(CC)c(CC)c(n31)=C2)C=4. The Bertz CT molecular complexity index is 1790. The van der Waals surface area contributed by atoms with Crippen LogP contribution in [0.5, 0.6) is 0 Å². The van der Waals surface area contributed by atoms with Gasteiger partial charge in [-0.05, 0) is 120 Å². The molecule has 0 aromatic carbocycles. The Labute approximate surface area is 243 Å². The molecule has 0 radical (unpaired) electrons. The van der Waals surface area contributed by atoms with Crippen molar-refractivity contribution in [1.29, 1.82) is 0 Å². The van der Waals surface area contributed by atoms with Gasteiger partial charge >= 0.3 is 0 Å². The zero-order valence-electron chi connectivity index (χ0n) is 26.3. The van der Waals surface area contributed by atoms with Crippen molar-refractivity contribution in [3.05, 3.63) is 88.7 Å². The van der Waals surface area contributed by atoms with Crippen molar-refractivity contribution in [2.75, 3.05) is 0 Å². The van der Waals surface area contributed by atoms with E-state index in [4.69, 9.17) is 0 Å². The van der Waals surface area contributed by atoms with Crippen LogP contribution in [-0.4, -0.2) is 18.3 Å². The quantitative estimate of drug-likeness (QED) is 0.274. The van der Waals surface area contributed by atoms with Gasteiger partial charge in [0.05, 0.1) is 44.2 Å². The molecule has 4 heteroatoms. The van der Waals surface area contributed by atoms with E-state index in [1.165, 1.54) is 88.7 Å². The maximum Gasteiger partial charge on any atom is 0.295 e. The highest BCUT2D eigenvalue weighted by Crippen LogP contribution is 2.44. The third kappa shape index (κ3) is 2.49. The van der Waals surface area contributed by atoms with Crippen LogP contribution in [0.3, 0.4) is 0 Å². The van der Waals surface area contributed by atoms with E-state index in [-0.39, 0.29) is 0 Å². The van der Waals surface area contributed by atoms with Crippen molar-refractivity contribution in [2.24, 2.45) is 0 Å². The Morgan fingerprint density at radius 2 is 0.561 bits per heavy atom. The molecule has 4 nitrogen and oxygen atoms in total. The smallest absolute Gasteiger partial charge is 0.281 e. The molecular formula is C37H44N4. The molecule has 0 bridgehead atoms. The molecule has 212 valence electrons. The van der Waals surface area contributed by atoms with Gasteiger partial charge in [-0.15, -0.1) is 0 Å². The van der Waals surface area contributed by atoms with Crippen molar-refractivity contribution in [2.45, 2.75) is 113 Å². The topological polar surface area (TPSA) is 19.7 Å². The highest BCUT2D eigenvalue weighted by molar-refractivity contribution is 5.73. The fraction of sp³-hybridized carbons (Fsp3) is 0.459. The van der Waals surface area contributed by atoms with Gasteiger partial charge in [-0.2, -0.15) is 0 Å². The minimum absolute atomic E-state index is 0.513. The molecule has 4 aliphatic rings. The normalized spacial score (nSPS) is 15.6. The van der Waals surface area contributed by atoms with Gasteiger partial charge in [-0.25, -0.2) is 0 Å². The van der Waals surface area contributed by atoms with E-state index >= 15 is 0 Å². The summed E-state index contributed by atoms with van der Waals surface area (Å²) >= 11 is 0. The predicted octanol–water partition coefficient (Wildman–Crippen LogP) is 4.17. The monoisotopic (exact) mass is 544 g/mol. The van der Waals surface area contributed by atoms with E-state index < -0.39 is 5.91 Å². The Morgan fingerprint density at radius 1 is 0.341 bits per heavy atom. The van der Waals surface area contributed by atoms with Crippen LogP contribution >= 0.6 is 0 Å². The van der Waals surface area contributed by atoms with Crippen LogP contribution < -0.4 is 21.4 Å². The highest BCUT2D eigenvalue weighted by atomic mass is 15.6. The van der Waals surface area contributed by atoms with Gasteiger partial charge in [-0.3, -0.25) is 18.3 Å². The second kappa shape index (κ2) is 8.33. The average Bonchev–Trinajstić information content (AvgIpc) is 3.69. The van der Waals surface area contributed by atoms with Crippen LogP contribution in [-0.2, 0) is 57.3 Å². The lowest BCUT2D eigenvalue weighted by Gasteiger charge is -2.49. The van der Waals surface area contributed by atoms with Crippen LogP contribution in [0.2, 0.25) is 0 Å². The molecular weight excluding hydrogens is 500 g/mol. The fourth-order valence-corrected chi connectivity index (χ4v) is 9.62. The predicted molar refractivity (Wildman–Crippen MR) is 170 cm³/mol. The summed E-state index contributed by atoms with van der Waals surface area (Å²) in [7, 11) is 0. The standard InChI is InChI=1S/C37H44N4/c1-9-21-22(10-2)30-18-32-25(13-5)26(14-6)34-20-36-28(16-8)27(15-7)35-19-33-24(12-4)23(11-3)31-17-29(21)38(30)37(39(31)33,40(32)34)41(35)36/h17-20H,9-16H2,1-8H3. The average molecular weight is 545 g/mol. The first-order chi connectivity index (χ1) is 20.0. The van der Waals surface area contributed by atoms with Crippen molar-refractivity contribution >= 4 is 24.3 Å². The number of nitrogens with zero attached hydrogens (tertiary/aromatic N) is 4. The molecule has 41 heavy (non-hydrogen) atoms. The van der Waals surface area contributed by atoms with E-state index in [0.717, 1.165) is 51.4 Å².